The first-order chi connectivity index (χ1) is 12.7. The van der Waals surface area contributed by atoms with Gasteiger partial charge in [0.2, 0.25) is 5.95 Å². The number of aromatic nitrogens is 2. The van der Waals surface area contributed by atoms with Gasteiger partial charge in [0.1, 0.15) is 17.1 Å². The van der Waals surface area contributed by atoms with Gasteiger partial charge in [0.05, 0.1) is 6.10 Å². The first-order valence-electron chi connectivity index (χ1n) is 8.68. The van der Waals surface area contributed by atoms with Crippen molar-refractivity contribution >= 4 is 17.5 Å². The Hall–Kier alpha value is -2.55. The second-order valence-electron chi connectivity index (χ2n) is 6.73. The number of hydrogen-bond acceptors (Lipinski definition) is 6. The first-order valence-corrected chi connectivity index (χ1v) is 8.68. The molecule has 1 fully saturated rings. The number of hydrogen-bond donors (Lipinski definition) is 4. The van der Waals surface area contributed by atoms with Crippen molar-refractivity contribution < 1.29 is 23.4 Å². The molecule has 9 heteroatoms. The zero-order chi connectivity index (χ0) is 19.6. The molecule has 0 saturated heterocycles. The summed E-state index contributed by atoms with van der Waals surface area (Å²) in [5, 5.41) is 25.0. The molecule has 0 bridgehead atoms. The van der Waals surface area contributed by atoms with Crippen molar-refractivity contribution in [3.05, 3.63) is 35.5 Å². The summed E-state index contributed by atoms with van der Waals surface area (Å²) in [5.74, 6) is -0.242. The van der Waals surface area contributed by atoms with E-state index in [0.29, 0.717) is 36.9 Å². The number of anilines is 3. The molecule has 1 aliphatic rings. The Bertz CT molecular complexity index is 806. The van der Waals surface area contributed by atoms with Gasteiger partial charge in [-0.25, -0.2) is 4.98 Å². The Labute approximate surface area is 154 Å². The Balaban J connectivity index is 1.84. The number of nitrogens with zero attached hydrogens (tertiary/aromatic N) is 2. The number of rotatable bonds is 4. The molecule has 1 aromatic heterocycles. The van der Waals surface area contributed by atoms with Gasteiger partial charge in [-0.1, -0.05) is 6.07 Å². The molecule has 27 heavy (non-hydrogen) atoms. The van der Waals surface area contributed by atoms with E-state index in [9.17, 15) is 23.4 Å². The van der Waals surface area contributed by atoms with Gasteiger partial charge >= 0.3 is 6.18 Å². The fourth-order valence-corrected chi connectivity index (χ4v) is 2.99. The fourth-order valence-electron chi connectivity index (χ4n) is 2.99. The van der Waals surface area contributed by atoms with E-state index in [0.717, 1.165) is 6.20 Å². The van der Waals surface area contributed by atoms with E-state index in [-0.39, 0.29) is 23.6 Å². The van der Waals surface area contributed by atoms with Crippen LogP contribution < -0.4 is 10.6 Å². The Kier molecular flexibility index (Phi) is 5.41. The summed E-state index contributed by atoms with van der Waals surface area (Å²) in [7, 11) is 0. The summed E-state index contributed by atoms with van der Waals surface area (Å²) in [6, 6.07) is 4.60. The number of nitrogens with one attached hydrogen (secondary N) is 2. The van der Waals surface area contributed by atoms with Crippen LogP contribution in [0.3, 0.4) is 0 Å². The zero-order valence-electron chi connectivity index (χ0n) is 14.7. The van der Waals surface area contributed by atoms with Crippen LogP contribution in [0.1, 0.15) is 36.8 Å². The van der Waals surface area contributed by atoms with Crippen molar-refractivity contribution in [2.24, 2.45) is 0 Å². The monoisotopic (exact) mass is 382 g/mol. The highest BCUT2D eigenvalue weighted by atomic mass is 19.4. The van der Waals surface area contributed by atoms with Gasteiger partial charge in [-0.2, -0.15) is 18.2 Å². The molecule has 4 N–H and O–H groups in total. The lowest BCUT2D eigenvalue weighted by atomic mass is 9.93. The Morgan fingerprint density at radius 1 is 1.15 bits per heavy atom. The lowest BCUT2D eigenvalue weighted by Crippen LogP contribution is -2.29. The molecule has 0 amide bonds. The topological polar surface area (TPSA) is 90.3 Å². The molecule has 0 atom stereocenters. The standard InChI is InChI=1S/C18H21F3N4O2/c1-10-2-3-12(8-15(10)27)24-17-22-9-14(18(19,20)21)16(25-17)23-11-4-6-13(26)7-5-11/h2-3,8-9,11,13,26-27H,4-7H2,1H3,(H2,22,23,24,25). The summed E-state index contributed by atoms with van der Waals surface area (Å²) in [6.07, 6.45) is -2.04. The third-order valence-electron chi connectivity index (χ3n) is 4.60. The summed E-state index contributed by atoms with van der Waals surface area (Å²) in [4.78, 5) is 7.76. The van der Waals surface area contributed by atoms with E-state index in [1.807, 2.05) is 0 Å². The minimum absolute atomic E-state index is 0.00963. The van der Waals surface area contributed by atoms with Crippen molar-refractivity contribution in [1.82, 2.24) is 9.97 Å². The van der Waals surface area contributed by atoms with Gasteiger partial charge in [0.15, 0.2) is 0 Å². The fraction of sp³-hybridized carbons (Fsp3) is 0.444. The number of benzene rings is 1. The van der Waals surface area contributed by atoms with Crippen molar-refractivity contribution in [2.45, 2.75) is 50.9 Å². The minimum Gasteiger partial charge on any atom is -0.508 e. The molecule has 0 unspecified atom stereocenters. The highest BCUT2D eigenvalue weighted by Crippen LogP contribution is 2.35. The maximum absolute atomic E-state index is 13.3. The molecule has 0 radical (unpaired) electrons. The Morgan fingerprint density at radius 2 is 1.85 bits per heavy atom. The second kappa shape index (κ2) is 7.59. The van der Waals surface area contributed by atoms with Crippen LogP contribution in [0.4, 0.5) is 30.6 Å². The normalized spacial score (nSPS) is 20.3. The number of aromatic hydroxyl groups is 1. The lowest BCUT2D eigenvalue weighted by Gasteiger charge is -2.27. The van der Waals surface area contributed by atoms with Crippen LogP contribution in [0, 0.1) is 6.92 Å². The van der Waals surface area contributed by atoms with E-state index in [1.54, 1.807) is 19.1 Å². The van der Waals surface area contributed by atoms with Crippen molar-refractivity contribution in [3.63, 3.8) is 0 Å². The Morgan fingerprint density at radius 3 is 2.48 bits per heavy atom. The molecule has 1 aliphatic carbocycles. The average Bonchev–Trinajstić information content (AvgIpc) is 2.59. The molecule has 2 aromatic rings. The van der Waals surface area contributed by atoms with Crippen molar-refractivity contribution in [3.8, 4) is 5.75 Å². The molecular formula is C18H21F3N4O2. The smallest absolute Gasteiger partial charge is 0.421 e. The van der Waals surface area contributed by atoms with Crippen molar-refractivity contribution in [1.29, 1.82) is 0 Å². The summed E-state index contributed by atoms with van der Waals surface area (Å²) >= 11 is 0. The molecule has 6 nitrogen and oxygen atoms in total. The van der Waals surface area contributed by atoms with E-state index in [2.05, 4.69) is 20.6 Å². The lowest BCUT2D eigenvalue weighted by molar-refractivity contribution is -0.137. The molecule has 3 rings (SSSR count). The summed E-state index contributed by atoms with van der Waals surface area (Å²) in [5.41, 5.74) is 0.200. The number of aliphatic hydroxyl groups excluding tert-OH is 1. The van der Waals surface area contributed by atoms with Crippen LogP contribution in [0.25, 0.3) is 0 Å². The van der Waals surface area contributed by atoms with Gasteiger partial charge in [-0.15, -0.1) is 0 Å². The predicted octanol–water partition coefficient (Wildman–Crippen LogP) is 3.97. The van der Waals surface area contributed by atoms with Crippen LogP contribution in [-0.4, -0.2) is 32.3 Å². The largest absolute Gasteiger partial charge is 0.508 e. The second-order valence-corrected chi connectivity index (χ2v) is 6.73. The highest BCUT2D eigenvalue weighted by Gasteiger charge is 2.36. The summed E-state index contributed by atoms with van der Waals surface area (Å²) in [6.45, 7) is 1.73. The van der Waals surface area contributed by atoms with Crippen LogP contribution in [-0.2, 0) is 6.18 Å². The minimum atomic E-state index is -4.59. The first kappa shape index (κ1) is 19.2. The van der Waals surface area contributed by atoms with Gasteiger partial charge in [0, 0.05) is 24.0 Å². The maximum atomic E-state index is 13.3. The average molecular weight is 382 g/mol. The van der Waals surface area contributed by atoms with Gasteiger partial charge < -0.3 is 20.8 Å². The SMILES string of the molecule is Cc1ccc(Nc2ncc(C(F)(F)F)c(NC3CCC(O)CC3)n2)cc1O. The molecule has 1 saturated carbocycles. The molecule has 1 aromatic carbocycles. The van der Waals surface area contributed by atoms with Crippen LogP contribution in [0.2, 0.25) is 0 Å². The van der Waals surface area contributed by atoms with E-state index in [4.69, 9.17) is 0 Å². The van der Waals surface area contributed by atoms with Gasteiger partial charge in [0.25, 0.3) is 0 Å². The number of aryl methyl sites for hydroxylation is 1. The zero-order valence-corrected chi connectivity index (χ0v) is 14.7. The third kappa shape index (κ3) is 4.79. The van der Waals surface area contributed by atoms with Crippen LogP contribution in [0.15, 0.2) is 24.4 Å². The van der Waals surface area contributed by atoms with Crippen LogP contribution in [0.5, 0.6) is 5.75 Å². The summed E-state index contributed by atoms with van der Waals surface area (Å²) < 4.78 is 39.9. The van der Waals surface area contributed by atoms with Gasteiger partial charge in [-0.3, -0.25) is 0 Å². The predicted molar refractivity (Wildman–Crippen MR) is 95.0 cm³/mol. The number of alkyl halides is 3. The van der Waals surface area contributed by atoms with E-state index >= 15 is 0 Å². The number of aliphatic hydroxyl groups is 1. The number of phenols is 1. The molecule has 1 heterocycles. The quantitative estimate of drug-likeness (QED) is 0.640. The maximum Gasteiger partial charge on any atom is 0.421 e. The molecule has 146 valence electrons. The number of halogens is 3. The van der Waals surface area contributed by atoms with Crippen molar-refractivity contribution in [2.75, 3.05) is 10.6 Å². The van der Waals surface area contributed by atoms with Gasteiger partial charge in [-0.05, 0) is 44.2 Å². The third-order valence-corrected chi connectivity index (χ3v) is 4.60. The number of phenolic OH excluding ortho intramolecular Hbond substituents is 1. The molecular weight excluding hydrogens is 361 g/mol. The molecule has 0 aliphatic heterocycles. The van der Waals surface area contributed by atoms with Crippen LogP contribution >= 0.6 is 0 Å². The molecule has 0 spiro atoms. The van der Waals surface area contributed by atoms with E-state index in [1.165, 1.54) is 6.07 Å². The van der Waals surface area contributed by atoms with E-state index < -0.39 is 17.8 Å². The highest BCUT2D eigenvalue weighted by molar-refractivity contribution is 5.59.